The van der Waals surface area contributed by atoms with E-state index < -0.39 is 12.0 Å². The molecule has 1 amide bonds. The van der Waals surface area contributed by atoms with Gasteiger partial charge in [-0.25, -0.2) is 0 Å². The summed E-state index contributed by atoms with van der Waals surface area (Å²) < 4.78 is 34.0. The first-order chi connectivity index (χ1) is 9.86. The maximum atomic E-state index is 12.3. The number of hydrogen-bond donors (Lipinski definition) is 2. The van der Waals surface area contributed by atoms with Crippen LogP contribution < -0.4 is 20.5 Å². The Kier molecular flexibility index (Phi) is 5.90. The van der Waals surface area contributed by atoms with Crippen LogP contribution in [0.4, 0.5) is 14.5 Å². The molecule has 118 valence electrons. The maximum Gasteiger partial charge on any atom is 0.387 e. The van der Waals surface area contributed by atoms with Crippen LogP contribution in [0.25, 0.3) is 0 Å². The lowest BCUT2D eigenvalue weighted by Gasteiger charge is -2.25. The van der Waals surface area contributed by atoms with Crippen molar-refractivity contribution in [3.8, 4) is 11.5 Å². The summed E-state index contributed by atoms with van der Waals surface area (Å²) in [6.07, 6.45) is 0.561. The number of anilines is 1. The minimum atomic E-state index is -2.98. The topological polar surface area (TPSA) is 73.6 Å². The third-order valence-electron chi connectivity index (χ3n) is 3.42. The highest BCUT2D eigenvalue weighted by atomic mass is 19.3. The normalized spacial score (nSPS) is 13.7. The third-order valence-corrected chi connectivity index (χ3v) is 3.42. The molecule has 21 heavy (non-hydrogen) atoms. The Balaban J connectivity index is 2.97. The number of alkyl halides is 2. The molecule has 0 heterocycles. The molecule has 0 saturated carbocycles. The molecule has 0 saturated heterocycles. The first-order valence-electron chi connectivity index (χ1n) is 6.50. The Morgan fingerprint density at radius 1 is 1.43 bits per heavy atom. The molecule has 0 fully saturated rings. The Morgan fingerprint density at radius 2 is 2.10 bits per heavy atom. The van der Waals surface area contributed by atoms with E-state index in [9.17, 15) is 13.6 Å². The first kappa shape index (κ1) is 17.2. The van der Waals surface area contributed by atoms with Crippen molar-refractivity contribution in [2.75, 3.05) is 19.0 Å². The van der Waals surface area contributed by atoms with E-state index in [4.69, 9.17) is 10.5 Å². The number of benzene rings is 1. The number of ether oxygens (including phenoxy) is 2. The number of rotatable bonds is 7. The molecule has 3 N–H and O–H groups in total. The van der Waals surface area contributed by atoms with Gasteiger partial charge in [0, 0.05) is 18.3 Å². The molecule has 0 bridgehead atoms. The molecule has 0 aliphatic carbocycles. The van der Waals surface area contributed by atoms with Gasteiger partial charge in [-0.3, -0.25) is 4.79 Å². The van der Waals surface area contributed by atoms with Crippen LogP contribution in [-0.4, -0.2) is 26.2 Å². The number of carbonyl (C=O) groups is 1. The highest BCUT2D eigenvalue weighted by Crippen LogP contribution is 2.32. The average molecular weight is 302 g/mol. The quantitative estimate of drug-likeness (QED) is 0.812. The first-order valence-corrected chi connectivity index (χ1v) is 6.50. The number of carbonyl (C=O) groups excluding carboxylic acids is 1. The van der Waals surface area contributed by atoms with Gasteiger partial charge in [0.15, 0.2) is 11.5 Å². The van der Waals surface area contributed by atoms with Crippen molar-refractivity contribution in [2.45, 2.75) is 26.9 Å². The van der Waals surface area contributed by atoms with Crippen LogP contribution in [0.3, 0.4) is 0 Å². The van der Waals surface area contributed by atoms with Gasteiger partial charge < -0.3 is 20.5 Å². The summed E-state index contributed by atoms with van der Waals surface area (Å²) in [7, 11) is 1.34. The second-order valence-electron chi connectivity index (χ2n) is 4.82. The summed E-state index contributed by atoms with van der Waals surface area (Å²) in [5.74, 6) is -0.262. The lowest BCUT2D eigenvalue weighted by Crippen LogP contribution is -2.39. The molecule has 1 aromatic carbocycles. The van der Waals surface area contributed by atoms with Crippen molar-refractivity contribution >= 4 is 11.6 Å². The molecule has 1 aromatic rings. The third kappa shape index (κ3) is 4.29. The summed E-state index contributed by atoms with van der Waals surface area (Å²) in [4.78, 5) is 12.2. The standard InChI is InChI=1S/C14H20F2N2O3/c1-4-14(2,8-17)12(19)18-9-5-6-10(20-3)11(7-9)21-13(15)16/h5-7,13H,4,8,17H2,1-3H3,(H,18,19). The van der Waals surface area contributed by atoms with Crippen LogP contribution in [0, 0.1) is 5.41 Å². The van der Waals surface area contributed by atoms with Gasteiger partial charge in [-0.1, -0.05) is 6.92 Å². The van der Waals surface area contributed by atoms with Crippen LogP contribution in [-0.2, 0) is 4.79 Å². The lowest BCUT2D eigenvalue weighted by atomic mass is 9.86. The van der Waals surface area contributed by atoms with Gasteiger partial charge in [-0.15, -0.1) is 0 Å². The van der Waals surface area contributed by atoms with Gasteiger partial charge >= 0.3 is 6.61 Å². The number of methoxy groups -OCH3 is 1. The van der Waals surface area contributed by atoms with Crippen LogP contribution in [0.2, 0.25) is 0 Å². The molecule has 0 aromatic heterocycles. The van der Waals surface area contributed by atoms with Crippen LogP contribution in [0.1, 0.15) is 20.3 Å². The molecular formula is C14H20F2N2O3. The van der Waals surface area contributed by atoms with Crippen molar-refractivity contribution < 1.29 is 23.0 Å². The summed E-state index contributed by atoms with van der Waals surface area (Å²) in [5.41, 5.74) is 5.23. The lowest BCUT2D eigenvalue weighted by molar-refractivity contribution is -0.124. The summed E-state index contributed by atoms with van der Waals surface area (Å²) in [6, 6.07) is 4.27. The highest BCUT2D eigenvalue weighted by molar-refractivity contribution is 5.95. The fourth-order valence-corrected chi connectivity index (χ4v) is 1.62. The van der Waals surface area contributed by atoms with Gasteiger partial charge in [0.2, 0.25) is 5.91 Å². The Labute approximate surface area is 122 Å². The summed E-state index contributed by atoms with van der Waals surface area (Å²) >= 11 is 0. The Morgan fingerprint density at radius 3 is 2.57 bits per heavy atom. The fraction of sp³-hybridized carbons (Fsp3) is 0.500. The van der Waals surface area contributed by atoms with Crippen LogP contribution in [0.5, 0.6) is 11.5 Å². The molecule has 0 aliphatic rings. The maximum absolute atomic E-state index is 12.3. The van der Waals surface area contributed by atoms with Crippen molar-refractivity contribution in [3.05, 3.63) is 18.2 Å². The predicted molar refractivity (Wildman–Crippen MR) is 75.7 cm³/mol. The molecule has 5 nitrogen and oxygen atoms in total. The van der Waals surface area contributed by atoms with E-state index in [-0.39, 0.29) is 24.0 Å². The summed E-state index contributed by atoms with van der Waals surface area (Å²) in [5, 5.41) is 2.65. The van der Waals surface area contributed by atoms with Gasteiger partial charge in [0.1, 0.15) is 0 Å². The molecule has 7 heteroatoms. The van der Waals surface area contributed by atoms with Crippen molar-refractivity contribution in [1.29, 1.82) is 0 Å². The van der Waals surface area contributed by atoms with Gasteiger partial charge in [-0.05, 0) is 25.5 Å². The molecule has 0 radical (unpaired) electrons. The van der Waals surface area contributed by atoms with Crippen LogP contribution >= 0.6 is 0 Å². The van der Waals surface area contributed by atoms with E-state index >= 15 is 0 Å². The zero-order valence-corrected chi connectivity index (χ0v) is 12.3. The second kappa shape index (κ2) is 7.21. The van der Waals surface area contributed by atoms with Gasteiger partial charge in [0.25, 0.3) is 0 Å². The number of hydrogen-bond acceptors (Lipinski definition) is 4. The van der Waals surface area contributed by atoms with Crippen LogP contribution in [0.15, 0.2) is 18.2 Å². The van der Waals surface area contributed by atoms with Gasteiger partial charge in [-0.2, -0.15) is 8.78 Å². The van der Waals surface area contributed by atoms with Crippen molar-refractivity contribution in [1.82, 2.24) is 0 Å². The molecule has 0 aliphatic heterocycles. The summed E-state index contributed by atoms with van der Waals surface area (Å²) in [6.45, 7) is 0.801. The number of amides is 1. The number of nitrogens with two attached hydrogens (primary N) is 1. The van der Waals surface area contributed by atoms with E-state index in [0.29, 0.717) is 12.1 Å². The fourth-order valence-electron chi connectivity index (χ4n) is 1.62. The number of halogens is 2. The molecule has 1 atom stereocenters. The average Bonchev–Trinajstić information content (AvgIpc) is 2.46. The molecule has 0 spiro atoms. The highest BCUT2D eigenvalue weighted by Gasteiger charge is 2.29. The van der Waals surface area contributed by atoms with E-state index in [1.165, 1.54) is 19.2 Å². The minimum Gasteiger partial charge on any atom is -0.493 e. The van der Waals surface area contributed by atoms with Gasteiger partial charge in [0.05, 0.1) is 12.5 Å². The largest absolute Gasteiger partial charge is 0.493 e. The molecule has 1 unspecified atom stereocenters. The van der Waals surface area contributed by atoms with E-state index in [0.717, 1.165) is 0 Å². The van der Waals surface area contributed by atoms with E-state index in [2.05, 4.69) is 10.1 Å². The molecule has 1 rings (SSSR count). The predicted octanol–water partition coefficient (Wildman–Crippen LogP) is 2.61. The Bertz CT molecular complexity index is 491. The van der Waals surface area contributed by atoms with Crippen molar-refractivity contribution in [2.24, 2.45) is 11.1 Å². The van der Waals surface area contributed by atoms with E-state index in [1.807, 2.05) is 6.92 Å². The van der Waals surface area contributed by atoms with E-state index in [1.54, 1.807) is 13.0 Å². The monoisotopic (exact) mass is 302 g/mol. The SMILES string of the molecule is CCC(C)(CN)C(=O)Nc1ccc(OC)c(OC(F)F)c1. The number of nitrogens with one attached hydrogen (secondary N) is 1. The Hall–Kier alpha value is -1.89. The zero-order valence-electron chi connectivity index (χ0n) is 12.3. The second-order valence-corrected chi connectivity index (χ2v) is 4.82. The minimum absolute atomic E-state index is 0.142. The smallest absolute Gasteiger partial charge is 0.387 e. The zero-order chi connectivity index (χ0) is 16.0. The molecular weight excluding hydrogens is 282 g/mol. The van der Waals surface area contributed by atoms with Crippen molar-refractivity contribution in [3.63, 3.8) is 0 Å².